The van der Waals surface area contributed by atoms with E-state index in [4.69, 9.17) is 25.8 Å². The zero-order valence-electron chi connectivity index (χ0n) is 19.5. The van der Waals surface area contributed by atoms with Gasteiger partial charge in [0.15, 0.2) is 0 Å². The molecule has 2 heterocycles. The van der Waals surface area contributed by atoms with Crippen LogP contribution in [0.25, 0.3) is 5.70 Å². The van der Waals surface area contributed by atoms with Crippen molar-refractivity contribution in [1.82, 2.24) is 14.9 Å². The number of nitrogens with two attached hydrogens (primary N) is 2. The Morgan fingerprint density at radius 2 is 1.97 bits per heavy atom. The lowest BCUT2D eigenvalue weighted by atomic mass is 9.98. The van der Waals surface area contributed by atoms with Crippen LogP contribution in [0.15, 0.2) is 17.8 Å². The number of pyridine rings is 1. The number of rotatable bonds is 8. The standard InChI is InChI=1S/C23H37N5O4/c1-16-21(32-18-7-5-4-6-8-18)10-9-19(26-16)22(24)20(28(3)25)15-31-23(29)27(2)13-17-11-12-30-14-17/h9-10,17-18H,4-8,11-15,24-25H2,1-3H3/b22-20-. The average molecular weight is 448 g/mol. The summed E-state index contributed by atoms with van der Waals surface area (Å²) in [7, 11) is 3.37. The highest BCUT2D eigenvalue weighted by atomic mass is 16.6. The first-order valence-corrected chi connectivity index (χ1v) is 11.4. The molecule has 3 rings (SSSR count). The van der Waals surface area contributed by atoms with Crippen molar-refractivity contribution in [3.8, 4) is 5.75 Å². The van der Waals surface area contributed by atoms with Crippen molar-refractivity contribution in [3.63, 3.8) is 0 Å². The molecule has 1 saturated heterocycles. The molecule has 9 nitrogen and oxygen atoms in total. The minimum absolute atomic E-state index is 0.0514. The van der Waals surface area contributed by atoms with Gasteiger partial charge < -0.3 is 29.9 Å². The van der Waals surface area contributed by atoms with Crippen LogP contribution in [0.1, 0.15) is 49.9 Å². The normalized spacial score (nSPS) is 19.9. The van der Waals surface area contributed by atoms with Crippen molar-refractivity contribution in [3.05, 3.63) is 29.2 Å². The predicted molar refractivity (Wildman–Crippen MR) is 122 cm³/mol. The first-order valence-electron chi connectivity index (χ1n) is 11.4. The van der Waals surface area contributed by atoms with E-state index in [9.17, 15) is 4.79 Å². The van der Waals surface area contributed by atoms with E-state index in [2.05, 4.69) is 4.98 Å². The molecule has 9 heteroatoms. The molecule has 1 aliphatic carbocycles. The number of hydrazine groups is 1. The highest BCUT2D eigenvalue weighted by molar-refractivity contribution is 5.68. The molecule has 1 amide bonds. The molecule has 0 bridgehead atoms. The summed E-state index contributed by atoms with van der Waals surface area (Å²) >= 11 is 0. The molecule has 1 aromatic rings. The lowest BCUT2D eigenvalue weighted by molar-refractivity contribution is 0.105. The number of aromatic nitrogens is 1. The Labute approximate surface area is 190 Å². The summed E-state index contributed by atoms with van der Waals surface area (Å²) in [5.41, 5.74) is 8.55. The first-order chi connectivity index (χ1) is 15.3. The molecule has 32 heavy (non-hydrogen) atoms. The van der Waals surface area contributed by atoms with Gasteiger partial charge in [0.1, 0.15) is 12.4 Å². The molecule has 0 spiro atoms. The Hall–Kier alpha value is -2.52. The van der Waals surface area contributed by atoms with Crippen LogP contribution in [0.3, 0.4) is 0 Å². The van der Waals surface area contributed by atoms with Crippen LogP contribution in [0.4, 0.5) is 4.79 Å². The number of carbonyl (C=O) groups is 1. The molecule has 4 N–H and O–H groups in total. The van der Waals surface area contributed by atoms with Gasteiger partial charge in [-0.25, -0.2) is 15.6 Å². The topological polar surface area (TPSA) is 116 Å². The second-order valence-corrected chi connectivity index (χ2v) is 8.79. The van der Waals surface area contributed by atoms with Crippen LogP contribution >= 0.6 is 0 Å². The Bertz CT molecular complexity index is 802. The van der Waals surface area contributed by atoms with Gasteiger partial charge >= 0.3 is 6.09 Å². The Morgan fingerprint density at radius 3 is 2.59 bits per heavy atom. The summed E-state index contributed by atoms with van der Waals surface area (Å²) in [5.74, 6) is 7.10. The van der Waals surface area contributed by atoms with Gasteiger partial charge in [-0.15, -0.1) is 0 Å². The third kappa shape index (κ3) is 6.49. The smallest absolute Gasteiger partial charge is 0.409 e. The maximum atomic E-state index is 12.4. The zero-order valence-corrected chi connectivity index (χ0v) is 19.5. The molecule has 0 aromatic carbocycles. The summed E-state index contributed by atoms with van der Waals surface area (Å²) in [6, 6.07) is 3.72. The first kappa shape index (κ1) is 24.1. The number of carbonyl (C=O) groups excluding carboxylic acids is 1. The highest BCUT2D eigenvalue weighted by Gasteiger charge is 2.22. The van der Waals surface area contributed by atoms with Gasteiger partial charge in [0, 0.05) is 33.2 Å². The summed E-state index contributed by atoms with van der Waals surface area (Å²) in [6.07, 6.45) is 6.64. The van der Waals surface area contributed by atoms with Crippen molar-refractivity contribution >= 4 is 11.8 Å². The molecular weight excluding hydrogens is 410 g/mol. The molecule has 1 aromatic heterocycles. The van der Waals surface area contributed by atoms with Crippen LogP contribution in [0.2, 0.25) is 0 Å². The van der Waals surface area contributed by atoms with Gasteiger partial charge in [0.25, 0.3) is 0 Å². The van der Waals surface area contributed by atoms with E-state index < -0.39 is 6.09 Å². The molecule has 1 atom stereocenters. The summed E-state index contributed by atoms with van der Waals surface area (Å²) in [6.45, 7) is 3.86. The Morgan fingerprint density at radius 1 is 1.22 bits per heavy atom. The van der Waals surface area contributed by atoms with Gasteiger partial charge in [-0.05, 0) is 51.2 Å². The number of amides is 1. The van der Waals surface area contributed by atoms with Crippen LogP contribution in [-0.2, 0) is 9.47 Å². The number of aryl methyl sites for hydroxylation is 1. The van der Waals surface area contributed by atoms with E-state index in [1.807, 2.05) is 19.1 Å². The molecule has 1 saturated carbocycles. The van der Waals surface area contributed by atoms with E-state index >= 15 is 0 Å². The largest absolute Gasteiger partial charge is 0.489 e. The minimum Gasteiger partial charge on any atom is -0.489 e. The minimum atomic E-state index is -0.426. The van der Waals surface area contributed by atoms with E-state index in [1.165, 1.54) is 24.3 Å². The number of nitrogens with zero attached hydrogens (tertiary/aromatic N) is 3. The molecule has 2 aliphatic rings. The monoisotopic (exact) mass is 447 g/mol. The Balaban J connectivity index is 1.64. The summed E-state index contributed by atoms with van der Waals surface area (Å²) in [5, 5.41) is 1.36. The van der Waals surface area contributed by atoms with Crippen LogP contribution in [0, 0.1) is 12.8 Å². The van der Waals surface area contributed by atoms with Crippen LogP contribution in [0.5, 0.6) is 5.75 Å². The molecular formula is C23H37N5O4. The SMILES string of the molecule is Cc1nc(/C(N)=C(\COC(=O)N(C)CC2CCOC2)N(C)N)ccc1OC1CCCCC1. The van der Waals surface area contributed by atoms with Gasteiger partial charge in [-0.3, -0.25) is 0 Å². The number of hydrogen-bond acceptors (Lipinski definition) is 8. The molecule has 1 aliphatic heterocycles. The van der Waals surface area contributed by atoms with E-state index in [1.54, 1.807) is 19.0 Å². The predicted octanol–water partition coefficient (Wildman–Crippen LogP) is 2.64. The van der Waals surface area contributed by atoms with Gasteiger partial charge in [-0.1, -0.05) is 6.42 Å². The lowest BCUT2D eigenvalue weighted by Crippen LogP contribution is -2.35. The van der Waals surface area contributed by atoms with Crippen molar-refractivity contribution in [2.75, 3.05) is 40.5 Å². The molecule has 1 unspecified atom stereocenters. The van der Waals surface area contributed by atoms with Crippen molar-refractivity contribution in [2.24, 2.45) is 17.5 Å². The Kier molecular flexibility index (Phi) is 8.58. The molecule has 0 radical (unpaired) electrons. The van der Waals surface area contributed by atoms with Gasteiger partial charge in [0.2, 0.25) is 0 Å². The second-order valence-electron chi connectivity index (χ2n) is 8.79. The average Bonchev–Trinajstić information content (AvgIpc) is 3.28. The zero-order chi connectivity index (χ0) is 23.1. The van der Waals surface area contributed by atoms with Gasteiger partial charge in [-0.2, -0.15) is 0 Å². The summed E-state index contributed by atoms with van der Waals surface area (Å²) < 4.78 is 17.0. The summed E-state index contributed by atoms with van der Waals surface area (Å²) in [4.78, 5) is 18.6. The van der Waals surface area contributed by atoms with E-state index in [0.29, 0.717) is 36.2 Å². The highest BCUT2D eigenvalue weighted by Crippen LogP contribution is 2.26. The van der Waals surface area contributed by atoms with Crippen LogP contribution in [-0.4, -0.2) is 67.6 Å². The van der Waals surface area contributed by atoms with Crippen molar-refractivity contribution in [1.29, 1.82) is 0 Å². The van der Waals surface area contributed by atoms with Crippen molar-refractivity contribution in [2.45, 2.75) is 51.6 Å². The van der Waals surface area contributed by atoms with Crippen LogP contribution < -0.4 is 16.3 Å². The number of likely N-dealkylation sites (N-methyl/N-ethyl adjacent to an activating group) is 1. The number of ether oxygens (including phenoxy) is 3. The maximum Gasteiger partial charge on any atom is 0.409 e. The second kappa shape index (κ2) is 11.4. The fraction of sp³-hybridized carbons (Fsp3) is 0.652. The van der Waals surface area contributed by atoms with Crippen molar-refractivity contribution < 1.29 is 19.0 Å². The third-order valence-electron chi connectivity index (χ3n) is 6.10. The van der Waals surface area contributed by atoms with Gasteiger partial charge in [0.05, 0.1) is 35.5 Å². The number of hydrogen-bond donors (Lipinski definition) is 2. The quantitative estimate of drug-likeness (QED) is 0.461. The molecule has 2 fully saturated rings. The van der Waals surface area contributed by atoms with E-state index in [0.717, 1.165) is 37.3 Å². The molecule has 178 valence electrons. The maximum absolute atomic E-state index is 12.4. The fourth-order valence-corrected chi connectivity index (χ4v) is 4.13. The third-order valence-corrected chi connectivity index (χ3v) is 6.10. The lowest BCUT2D eigenvalue weighted by Gasteiger charge is -2.24. The fourth-order valence-electron chi connectivity index (χ4n) is 4.13. The van der Waals surface area contributed by atoms with E-state index in [-0.39, 0.29) is 12.7 Å².